The van der Waals surface area contributed by atoms with E-state index in [4.69, 9.17) is 22.1 Å². The predicted molar refractivity (Wildman–Crippen MR) is 83.5 cm³/mol. The number of rotatable bonds is 6. The van der Waals surface area contributed by atoms with Crippen molar-refractivity contribution in [3.8, 4) is 5.75 Å². The van der Waals surface area contributed by atoms with Gasteiger partial charge in [0.1, 0.15) is 17.4 Å². The number of aryl methyl sites for hydroxylation is 1. The van der Waals surface area contributed by atoms with Crippen LogP contribution in [0.15, 0.2) is 35.3 Å². The smallest absolute Gasteiger partial charge is 0.287 e. The second-order valence-corrected chi connectivity index (χ2v) is 4.66. The van der Waals surface area contributed by atoms with Gasteiger partial charge < -0.3 is 15.8 Å². The van der Waals surface area contributed by atoms with Gasteiger partial charge in [0.15, 0.2) is 0 Å². The number of halogens is 1. The van der Waals surface area contributed by atoms with E-state index in [1.807, 2.05) is 25.1 Å². The quantitative estimate of drug-likeness (QED) is 0.853. The molecule has 112 valence electrons. The topological polar surface area (TPSA) is 82.2 Å². The number of hydrogen-bond donors (Lipinski definition) is 2. The molecule has 0 amide bonds. The molecule has 0 unspecified atom stereocenters. The first-order chi connectivity index (χ1) is 10.2. The molecule has 0 saturated carbocycles. The summed E-state index contributed by atoms with van der Waals surface area (Å²) in [5, 5.41) is 7.21. The molecule has 0 bridgehead atoms. The summed E-state index contributed by atoms with van der Waals surface area (Å²) in [7, 11) is 0. The third-order valence-corrected chi connectivity index (χ3v) is 3.15. The van der Waals surface area contributed by atoms with E-state index < -0.39 is 0 Å². The van der Waals surface area contributed by atoms with Gasteiger partial charge in [-0.15, -0.1) is 0 Å². The van der Waals surface area contributed by atoms with Crippen molar-refractivity contribution in [2.75, 3.05) is 18.5 Å². The number of nitrogens with two attached hydrogens (primary N) is 1. The third-order valence-electron chi connectivity index (χ3n) is 2.78. The highest BCUT2D eigenvalue weighted by molar-refractivity contribution is 6.33. The number of benzene rings is 1. The van der Waals surface area contributed by atoms with Crippen LogP contribution in [-0.4, -0.2) is 22.9 Å². The van der Waals surface area contributed by atoms with Gasteiger partial charge in [-0.3, -0.25) is 4.79 Å². The van der Waals surface area contributed by atoms with Crippen LogP contribution in [0.3, 0.4) is 0 Å². The summed E-state index contributed by atoms with van der Waals surface area (Å²) in [4.78, 5) is 11.9. The Labute approximate surface area is 127 Å². The maximum absolute atomic E-state index is 11.9. The third kappa shape index (κ3) is 3.74. The standard InChI is InChI=1S/C14H17ClN4O2/c1-2-19-14(20)13(15)12(9-17-19)18-10-4-3-5-11(8-10)21-7-6-16/h3-5,8-9,18H,2,6-7,16H2,1H3. The molecular formula is C14H17ClN4O2. The Morgan fingerprint density at radius 1 is 1.48 bits per heavy atom. The number of nitrogens with one attached hydrogen (secondary N) is 1. The summed E-state index contributed by atoms with van der Waals surface area (Å²) in [5.41, 5.74) is 6.29. The van der Waals surface area contributed by atoms with Gasteiger partial charge in [0, 0.05) is 24.8 Å². The summed E-state index contributed by atoms with van der Waals surface area (Å²) in [6.45, 7) is 3.19. The maximum atomic E-state index is 11.9. The van der Waals surface area contributed by atoms with Crippen LogP contribution in [-0.2, 0) is 6.54 Å². The Morgan fingerprint density at radius 3 is 3.00 bits per heavy atom. The number of ether oxygens (including phenoxy) is 1. The molecule has 2 rings (SSSR count). The van der Waals surface area contributed by atoms with Gasteiger partial charge in [-0.2, -0.15) is 5.10 Å². The molecule has 2 aromatic rings. The molecule has 0 aliphatic heterocycles. The number of anilines is 2. The fraction of sp³-hybridized carbons (Fsp3) is 0.286. The van der Waals surface area contributed by atoms with Crippen molar-refractivity contribution in [2.45, 2.75) is 13.5 Å². The molecule has 0 atom stereocenters. The molecule has 7 heteroatoms. The lowest BCUT2D eigenvalue weighted by Crippen LogP contribution is -2.22. The van der Waals surface area contributed by atoms with E-state index in [1.54, 1.807) is 6.07 Å². The van der Waals surface area contributed by atoms with Crippen LogP contribution in [0.1, 0.15) is 6.92 Å². The van der Waals surface area contributed by atoms with Crippen LogP contribution in [0.5, 0.6) is 5.75 Å². The van der Waals surface area contributed by atoms with E-state index in [0.717, 1.165) is 5.69 Å². The van der Waals surface area contributed by atoms with E-state index in [0.29, 0.717) is 31.1 Å². The van der Waals surface area contributed by atoms with Gasteiger partial charge in [0.25, 0.3) is 5.56 Å². The average molecular weight is 309 g/mol. The van der Waals surface area contributed by atoms with Gasteiger partial charge >= 0.3 is 0 Å². The fourth-order valence-electron chi connectivity index (χ4n) is 1.77. The molecule has 6 nitrogen and oxygen atoms in total. The summed E-state index contributed by atoms with van der Waals surface area (Å²) in [5.74, 6) is 0.691. The average Bonchev–Trinajstić information content (AvgIpc) is 2.50. The molecule has 0 saturated heterocycles. The summed E-state index contributed by atoms with van der Waals surface area (Å²) in [6, 6.07) is 7.31. The second-order valence-electron chi connectivity index (χ2n) is 4.28. The maximum Gasteiger partial charge on any atom is 0.287 e. The highest BCUT2D eigenvalue weighted by Gasteiger charge is 2.08. The van der Waals surface area contributed by atoms with Gasteiger partial charge in [-0.25, -0.2) is 4.68 Å². The largest absolute Gasteiger partial charge is 0.492 e. The zero-order valence-electron chi connectivity index (χ0n) is 11.7. The van der Waals surface area contributed by atoms with E-state index in [-0.39, 0.29) is 10.6 Å². The van der Waals surface area contributed by atoms with E-state index in [2.05, 4.69) is 10.4 Å². The van der Waals surface area contributed by atoms with Crippen LogP contribution in [0.2, 0.25) is 5.02 Å². The van der Waals surface area contributed by atoms with E-state index in [1.165, 1.54) is 10.9 Å². The highest BCUT2D eigenvalue weighted by Crippen LogP contribution is 2.24. The van der Waals surface area contributed by atoms with Crippen LogP contribution >= 0.6 is 11.6 Å². The predicted octanol–water partition coefficient (Wildman–Crippen LogP) is 2.00. The summed E-state index contributed by atoms with van der Waals surface area (Å²) >= 11 is 6.07. The Kier molecular flexibility index (Phi) is 5.19. The Morgan fingerprint density at radius 2 is 2.29 bits per heavy atom. The first kappa shape index (κ1) is 15.3. The Bertz CT molecular complexity index is 672. The van der Waals surface area contributed by atoms with Crippen molar-refractivity contribution in [1.29, 1.82) is 0 Å². The van der Waals surface area contributed by atoms with E-state index in [9.17, 15) is 4.79 Å². The molecule has 21 heavy (non-hydrogen) atoms. The monoisotopic (exact) mass is 308 g/mol. The molecule has 0 aliphatic carbocycles. The first-order valence-corrected chi connectivity index (χ1v) is 6.99. The van der Waals surface area contributed by atoms with Gasteiger partial charge in [-0.1, -0.05) is 17.7 Å². The van der Waals surface area contributed by atoms with Crippen molar-refractivity contribution in [3.63, 3.8) is 0 Å². The van der Waals surface area contributed by atoms with Crippen molar-refractivity contribution < 1.29 is 4.74 Å². The number of aromatic nitrogens is 2. The lowest BCUT2D eigenvalue weighted by Gasteiger charge is -2.11. The minimum atomic E-state index is -0.320. The minimum Gasteiger partial charge on any atom is -0.492 e. The molecule has 3 N–H and O–H groups in total. The lowest BCUT2D eigenvalue weighted by molar-refractivity contribution is 0.328. The summed E-state index contributed by atoms with van der Waals surface area (Å²) in [6.07, 6.45) is 1.53. The van der Waals surface area contributed by atoms with Crippen LogP contribution < -0.4 is 21.3 Å². The van der Waals surface area contributed by atoms with Crippen molar-refractivity contribution in [2.24, 2.45) is 5.73 Å². The molecule has 0 spiro atoms. The van der Waals surface area contributed by atoms with Crippen LogP contribution in [0.4, 0.5) is 11.4 Å². The fourth-order valence-corrected chi connectivity index (χ4v) is 1.97. The van der Waals surface area contributed by atoms with Crippen molar-refractivity contribution in [3.05, 3.63) is 45.8 Å². The molecular weight excluding hydrogens is 292 g/mol. The first-order valence-electron chi connectivity index (χ1n) is 6.61. The SMILES string of the molecule is CCn1ncc(Nc2cccc(OCCN)c2)c(Cl)c1=O. The molecule has 1 heterocycles. The van der Waals surface area contributed by atoms with Gasteiger partial charge in [0.05, 0.1) is 11.9 Å². The minimum absolute atomic E-state index is 0.111. The van der Waals surface area contributed by atoms with E-state index >= 15 is 0 Å². The highest BCUT2D eigenvalue weighted by atomic mass is 35.5. The second kappa shape index (κ2) is 7.10. The van der Waals surface area contributed by atoms with Crippen LogP contribution in [0.25, 0.3) is 0 Å². The van der Waals surface area contributed by atoms with Crippen LogP contribution in [0, 0.1) is 0 Å². The molecule has 0 radical (unpaired) electrons. The van der Waals surface area contributed by atoms with Gasteiger partial charge in [-0.05, 0) is 19.1 Å². The molecule has 0 aliphatic rings. The number of nitrogens with zero attached hydrogens (tertiary/aromatic N) is 2. The van der Waals surface area contributed by atoms with Crippen molar-refractivity contribution in [1.82, 2.24) is 9.78 Å². The lowest BCUT2D eigenvalue weighted by atomic mass is 10.3. The number of hydrogen-bond acceptors (Lipinski definition) is 5. The molecule has 0 fully saturated rings. The molecule has 1 aromatic carbocycles. The zero-order valence-corrected chi connectivity index (χ0v) is 12.4. The normalized spacial score (nSPS) is 10.4. The zero-order chi connectivity index (χ0) is 15.2. The van der Waals surface area contributed by atoms with Crippen molar-refractivity contribution >= 4 is 23.0 Å². The Balaban J connectivity index is 2.22. The van der Waals surface area contributed by atoms with Gasteiger partial charge in [0.2, 0.25) is 0 Å². The molecule has 1 aromatic heterocycles. The Hall–Kier alpha value is -2.05. The summed E-state index contributed by atoms with van der Waals surface area (Å²) < 4.78 is 6.74.